The third-order valence-corrected chi connectivity index (χ3v) is 7.81. The van der Waals surface area contributed by atoms with Gasteiger partial charge >= 0.3 is 0 Å². The monoisotopic (exact) mass is 396 g/mol. The van der Waals surface area contributed by atoms with E-state index in [-0.39, 0.29) is 35.2 Å². The van der Waals surface area contributed by atoms with Crippen molar-refractivity contribution < 1.29 is 19.7 Å². The largest absolute Gasteiger partial charge is 0.394 e. The molecule has 0 heterocycles. The lowest BCUT2D eigenvalue weighted by Crippen LogP contribution is -2.62. The molecule has 0 saturated heterocycles. The zero-order valence-electron chi connectivity index (χ0n) is 19.1. The summed E-state index contributed by atoms with van der Waals surface area (Å²) >= 11 is 0. The van der Waals surface area contributed by atoms with Gasteiger partial charge in [0.15, 0.2) is 0 Å². The van der Waals surface area contributed by atoms with Crippen molar-refractivity contribution in [2.45, 2.75) is 104 Å². The molecule has 4 aliphatic rings. The molecule has 4 aliphatic carbocycles. The van der Waals surface area contributed by atoms with Crippen molar-refractivity contribution in [2.24, 2.45) is 28.6 Å². The predicted octanol–water partition coefficient (Wildman–Crippen LogP) is 4.56. The summed E-state index contributed by atoms with van der Waals surface area (Å²) < 4.78 is 13.2. The highest BCUT2D eigenvalue weighted by molar-refractivity contribution is 5.11. The number of aliphatic hydroxyl groups excluding tert-OH is 2. The molecule has 28 heavy (non-hydrogen) atoms. The molecule has 4 fully saturated rings. The van der Waals surface area contributed by atoms with Crippen molar-refractivity contribution in [1.29, 1.82) is 0 Å². The molecule has 0 spiro atoms. The van der Waals surface area contributed by atoms with Crippen LogP contribution in [0.5, 0.6) is 0 Å². The summed E-state index contributed by atoms with van der Waals surface area (Å²) in [5.74, 6) is 1.89. The van der Waals surface area contributed by atoms with E-state index in [4.69, 9.17) is 9.47 Å². The Morgan fingerprint density at radius 3 is 1.93 bits per heavy atom. The maximum absolute atomic E-state index is 9.55. The van der Waals surface area contributed by atoms with E-state index in [0.717, 1.165) is 45.1 Å². The van der Waals surface area contributed by atoms with Crippen LogP contribution in [-0.2, 0) is 9.47 Å². The topological polar surface area (TPSA) is 58.9 Å². The van der Waals surface area contributed by atoms with Crippen LogP contribution in [0.15, 0.2) is 0 Å². The minimum atomic E-state index is -0.463. The van der Waals surface area contributed by atoms with Gasteiger partial charge in [-0.05, 0) is 67.1 Å². The fourth-order valence-electron chi connectivity index (χ4n) is 6.84. The first kappa shape index (κ1) is 22.5. The molecule has 4 rings (SSSR count). The summed E-state index contributed by atoms with van der Waals surface area (Å²) in [5, 5.41) is 19.1. The lowest BCUT2D eigenvalue weighted by atomic mass is 9.52. The smallest absolute Gasteiger partial charge is 0.104 e. The Labute approximate surface area is 172 Å². The highest BCUT2D eigenvalue weighted by atomic mass is 16.5. The van der Waals surface area contributed by atoms with Gasteiger partial charge in [0.25, 0.3) is 0 Å². The van der Waals surface area contributed by atoms with E-state index in [1.165, 1.54) is 6.42 Å². The molecule has 2 N–H and O–H groups in total. The average Bonchev–Trinajstić information content (AvgIpc) is 2.55. The summed E-state index contributed by atoms with van der Waals surface area (Å²) in [6.45, 7) is 14.6. The van der Waals surface area contributed by atoms with Crippen LogP contribution in [0.2, 0.25) is 0 Å². The van der Waals surface area contributed by atoms with Crippen molar-refractivity contribution >= 4 is 0 Å². The van der Waals surface area contributed by atoms with Gasteiger partial charge in [0.1, 0.15) is 6.10 Å². The quantitative estimate of drug-likeness (QED) is 0.600. The van der Waals surface area contributed by atoms with Crippen LogP contribution in [0.25, 0.3) is 0 Å². The van der Waals surface area contributed by atoms with Crippen LogP contribution < -0.4 is 0 Å². The van der Waals surface area contributed by atoms with Gasteiger partial charge in [-0.2, -0.15) is 0 Å². The fraction of sp³-hybridized carbons (Fsp3) is 1.00. The Bertz CT molecular complexity index is 519. The Morgan fingerprint density at radius 1 is 0.929 bits per heavy atom. The van der Waals surface area contributed by atoms with Crippen LogP contribution >= 0.6 is 0 Å². The Kier molecular flexibility index (Phi) is 6.30. The van der Waals surface area contributed by atoms with Gasteiger partial charge in [0, 0.05) is 6.42 Å². The van der Waals surface area contributed by atoms with Crippen molar-refractivity contribution in [3.8, 4) is 0 Å². The minimum absolute atomic E-state index is 0.0758. The summed E-state index contributed by atoms with van der Waals surface area (Å²) in [7, 11) is 0. The molecule has 3 unspecified atom stereocenters. The van der Waals surface area contributed by atoms with Gasteiger partial charge in [-0.25, -0.2) is 0 Å². The third kappa shape index (κ3) is 4.77. The molecule has 4 saturated carbocycles. The van der Waals surface area contributed by atoms with E-state index in [1.54, 1.807) is 0 Å². The van der Waals surface area contributed by atoms with E-state index in [2.05, 4.69) is 41.5 Å². The Hall–Kier alpha value is -0.160. The van der Waals surface area contributed by atoms with E-state index >= 15 is 0 Å². The van der Waals surface area contributed by atoms with Crippen LogP contribution in [0.1, 0.15) is 86.5 Å². The predicted molar refractivity (Wildman–Crippen MR) is 112 cm³/mol. The van der Waals surface area contributed by atoms with E-state index in [0.29, 0.717) is 17.8 Å². The van der Waals surface area contributed by atoms with Gasteiger partial charge in [-0.3, -0.25) is 0 Å². The first-order valence-corrected chi connectivity index (χ1v) is 11.5. The van der Waals surface area contributed by atoms with Gasteiger partial charge in [-0.15, -0.1) is 0 Å². The molecule has 4 heteroatoms. The van der Waals surface area contributed by atoms with Gasteiger partial charge in [0.05, 0.1) is 31.0 Å². The average molecular weight is 397 g/mol. The number of ether oxygens (including phenoxy) is 2. The second-order valence-corrected chi connectivity index (χ2v) is 12.3. The first-order chi connectivity index (χ1) is 12.9. The number of hydrogen-bond acceptors (Lipinski definition) is 4. The second-order valence-electron chi connectivity index (χ2n) is 12.3. The molecule has 3 atom stereocenters. The van der Waals surface area contributed by atoms with Crippen LogP contribution in [-0.4, -0.2) is 47.3 Å². The molecule has 0 aromatic heterocycles. The summed E-state index contributed by atoms with van der Waals surface area (Å²) in [5.41, 5.74) is 0.157. The first-order valence-electron chi connectivity index (χ1n) is 11.5. The van der Waals surface area contributed by atoms with E-state index in [1.807, 2.05) is 0 Å². The maximum Gasteiger partial charge on any atom is 0.104 e. The Morgan fingerprint density at radius 2 is 1.46 bits per heavy atom. The zero-order valence-corrected chi connectivity index (χ0v) is 19.1. The summed E-state index contributed by atoms with van der Waals surface area (Å²) in [6, 6.07) is 0. The van der Waals surface area contributed by atoms with Crippen molar-refractivity contribution in [2.75, 3.05) is 19.8 Å². The molecule has 0 aromatic carbocycles. The second kappa shape index (κ2) is 7.83. The molecule has 0 aliphatic heterocycles. The molecule has 0 aromatic rings. The highest BCUT2D eigenvalue weighted by Crippen LogP contribution is 2.61. The molecular weight excluding hydrogens is 352 g/mol. The van der Waals surface area contributed by atoms with Crippen molar-refractivity contribution in [3.05, 3.63) is 0 Å². The molecule has 164 valence electrons. The highest BCUT2D eigenvalue weighted by Gasteiger charge is 2.60. The molecular formula is C24H44O4. The van der Waals surface area contributed by atoms with Crippen molar-refractivity contribution in [1.82, 2.24) is 0 Å². The fourth-order valence-corrected chi connectivity index (χ4v) is 6.84. The summed E-state index contributed by atoms with van der Waals surface area (Å²) in [4.78, 5) is 0. The molecule has 0 radical (unpaired) electrons. The molecule has 4 nitrogen and oxygen atoms in total. The van der Waals surface area contributed by atoms with Gasteiger partial charge in [0.2, 0.25) is 0 Å². The lowest BCUT2D eigenvalue weighted by Gasteiger charge is -2.62. The number of hydrogen-bond donors (Lipinski definition) is 2. The standard InChI is InChI=1S/C24H44O4/c1-17(2)22(6,14-21(3,4)5)16-27-23-8-18-7-19(9-23)11-24(10-18,15-23)28-20(12-25)13-26/h17-20,25-26H,7-16H2,1-6H3. The Balaban J connectivity index is 1.74. The maximum atomic E-state index is 9.55. The zero-order chi connectivity index (χ0) is 20.8. The number of rotatable bonds is 9. The molecule has 4 bridgehead atoms. The third-order valence-electron chi connectivity index (χ3n) is 7.81. The number of aliphatic hydroxyl groups is 2. The van der Waals surface area contributed by atoms with E-state index < -0.39 is 6.10 Å². The van der Waals surface area contributed by atoms with Crippen LogP contribution in [0.3, 0.4) is 0 Å². The summed E-state index contributed by atoms with van der Waals surface area (Å²) in [6.07, 6.45) is 7.34. The van der Waals surface area contributed by atoms with Crippen molar-refractivity contribution in [3.63, 3.8) is 0 Å². The van der Waals surface area contributed by atoms with Crippen LogP contribution in [0, 0.1) is 28.6 Å². The van der Waals surface area contributed by atoms with Gasteiger partial charge in [-0.1, -0.05) is 41.5 Å². The lowest BCUT2D eigenvalue weighted by molar-refractivity contribution is -0.262. The minimum Gasteiger partial charge on any atom is -0.394 e. The molecule has 0 amide bonds. The van der Waals surface area contributed by atoms with Gasteiger partial charge < -0.3 is 19.7 Å². The SMILES string of the molecule is CC(C)C(C)(COC12CC3CC(C1)CC(OC(CO)CO)(C3)C2)CC(C)(C)C. The normalized spacial score (nSPS) is 37.1. The van der Waals surface area contributed by atoms with Crippen LogP contribution in [0.4, 0.5) is 0 Å². The van der Waals surface area contributed by atoms with E-state index in [9.17, 15) is 10.2 Å².